The lowest BCUT2D eigenvalue weighted by Crippen LogP contribution is -2.43. The smallest absolute Gasteiger partial charge is 0.289 e. The minimum atomic E-state index is -0.104. The SMILES string of the molecule is O=C(c1ccco1)N1CCCC(OCc2nc(-c3ccccc3)no2)C1. The zero-order valence-corrected chi connectivity index (χ0v) is 14.2. The summed E-state index contributed by atoms with van der Waals surface area (Å²) in [5.41, 5.74) is 0.899. The third-order valence-electron chi connectivity index (χ3n) is 4.34. The van der Waals surface area contributed by atoms with E-state index in [1.54, 1.807) is 17.0 Å². The lowest BCUT2D eigenvalue weighted by Gasteiger charge is -2.31. The van der Waals surface area contributed by atoms with Crippen molar-refractivity contribution in [1.29, 1.82) is 0 Å². The van der Waals surface area contributed by atoms with Gasteiger partial charge in [0.2, 0.25) is 5.82 Å². The monoisotopic (exact) mass is 353 g/mol. The van der Waals surface area contributed by atoms with E-state index in [0.29, 0.717) is 30.6 Å². The molecule has 1 saturated heterocycles. The Hall–Kier alpha value is -2.93. The zero-order chi connectivity index (χ0) is 17.8. The molecule has 4 rings (SSSR count). The lowest BCUT2D eigenvalue weighted by molar-refractivity contribution is -0.0160. The number of hydrogen-bond donors (Lipinski definition) is 0. The third kappa shape index (κ3) is 3.67. The van der Waals surface area contributed by atoms with Crippen molar-refractivity contribution < 1.29 is 18.5 Å². The molecule has 1 amide bonds. The molecule has 0 saturated carbocycles. The van der Waals surface area contributed by atoms with Crippen molar-refractivity contribution in [2.24, 2.45) is 0 Å². The number of benzene rings is 1. The van der Waals surface area contributed by atoms with E-state index in [2.05, 4.69) is 10.1 Å². The number of amides is 1. The molecule has 1 fully saturated rings. The number of rotatable bonds is 5. The lowest BCUT2D eigenvalue weighted by atomic mass is 10.1. The standard InChI is InChI=1S/C19H19N3O4/c23-19(16-9-5-11-24-16)22-10-4-8-15(12-22)25-13-17-20-18(21-26-17)14-6-2-1-3-7-14/h1-3,5-7,9,11,15H,4,8,10,12-13H2. The van der Waals surface area contributed by atoms with Crippen molar-refractivity contribution >= 4 is 5.91 Å². The van der Waals surface area contributed by atoms with Crippen LogP contribution >= 0.6 is 0 Å². The van der Waals surface area contributed by atoms with Crippen LogP contribution in [0.5, 0.6) is 0 Å². The summed E-state index contributed by atoms with van der Waals surface area (Å²) in [6.45, 7) is 1.46. The predicted molar refractivity (Wildman–Crippen MR) is 92.2 cm³/mol. The molecule has 0 spiro atoms. The van der Waals surface area contributed by atoms with Gasteiger partial charge in [0.25, 0.3) is 11.8 Å². The van der Waals surface area contributed by atoms with E-state index in [1.165, 1.54) is 6.26 Å². The molecule has 1 aliphatic rings. The van der Waals surface area contributed by atoms with Crippen LogP contribution in [-0.4, -0.2) is 40.1 Å². The molecule has 1 unspecified atom stereocenters. The molecule has 7 nitrogen and oxygen atoms in total. The Labute approximate surface area is 150 Å². The number of carbonyl (C=O) groups excluding carboxylic acids is 1. The number of hydrogen-bond acceptors (Lipinski definition) is 6. The van der Waals surface area contributed by atoms with Crippen molar-refractivity contribution in [3.05, 3.63) is 60.4 Å². The van der Waals surface area contributed by atoms with Gasteiger partial charge < -0.3 is 18.6 Å². The minimum absolute atomic E-state index is 0.0604. The number of likely N-dealkylation sites (tertiary alicyclic amines) is 1. The molecule has 3 heterocycles. The first kappa shape index (κ1) is 16.5. The van der Waals surface area contributed by atoms with Crippen molar-refractivity contribution in [3.63, 3.8) is 0 Å². The molecule has 0 aliphatic carbocycles. The molecular formula is C19H19N3O4. The number of aromatic nitrogens is 2. The first-order valence-corrected chi connectivity index (χ1v) is 8.62. The maximum Gasteiger partial charge on any atom is 0.289 e. The van der Waals surface area contributed by atoms with Crippen LogP contribution in [0.3, 0.4) is 0 Å². The van der Waals surface area contributed by atoms with Crippen LogP contribution in [0.2, 0.25) is 0 Å². The summed E-state index contributed by atoms with van der Waals surface area (Å²) in [5, 5.41) is 3.98. The Morgan fingerprint density at radius 3 is 2.92 bits per heavy atom. The van der Waals surface area contributed by atoms with Gasteiger partial charge >= 0.3 is 0 Å². The summed E-state index contributed by atoms with van der Waals surface area (Å²) in [5.74, 6) is 1.23. The summed E-state index contributed by atoms with van der Waals surface area (Å²) in [6.07, 6.45) is 3.22. The van der Waals surface area contributed by atoms with E-state index in [-0.39, 0.29) is 18.6 Å². The quantitative estimate of drug-likeness (QED) is 0.701. The van der Waals surface area contributed by atoms with Crippen LogP contribution < -0.4 is 0 Å². The fourth-order valence-electron chi connectivity index (χ4n) is 3.02. The van der Waals surface area contributed by atoms with Crippen molar-refractivity contribution in [3.8, 4) is 11.4 Å². The minimum Gasteiger partial charge on any atom is -0.459 e. The topological polar surface area (TPSA) is 81.6 Å². The number of ether oxygens (including phenoxy) is 1. The van der Waals surface area contributed by atoms with Gasteiger partial charge in [-0.05, 0) is 25.0 Å². The third-order valence-corrected chi connectivity index (χ3v) is 4.34. The average Bonchev–Trinajstić information content (AvgIpc) is 3.39. The summed E-state index contributed by atoms with van der Waals surface area (Å²) < 4.78 is 16.3. The van der Waals surface area contributed by atoms with Crippen molar-refractivity contribution in [2.45, 2.75) is 25.6 Å². The average molecular weight is 353 g/mol. The summed E-state index contributed by atoms with van der Waals surface area (Å²) in [6, 6.07) is 13.0. The predicted octanol–water partition coefficient (Wildman–Crippen LogP) is 3.15. The maximum atomic E-state index is 12.4. The van der Waals surface area contributed by atoms with E-state index in [0.717, 1.165) is 18.4 Å². The van der Waals surface area contributed by atoms with Gasteiger partial charge in [-0.25, -0.2) is 0 Å². The Balaban J connectivity index is 1.33. The zero-order valence-electron chi connectivity index (χ0n) is 14.2. The Morgan fingerprint density at radius 2 is 2.12 bits per heavy atom. The van der Waals surface area contributed by atoms with Crippen molar-refractivity contribution in [1.82, 2.24) is 15.0 Å². The van der Waals surface area contributed by atoms with Gasteiger partial charge in [-0.1, -0.05) is 35.5 Å². The molecule has 7 heteroatoms. The van der Waals surface area contributed by atoms with E-state index in [9.17, 15) is 4.79 Å². The summed E-state index contributed by atoms with van der Waals surface area (Å²) in [4.78, 5) is 18.5. The molecule has 1 aliphatic heterocycles. The molecule has 26 heavy (non-hydrogen) atoms. The van der Waals surface area contributed by atoms with Gasteiger partial charge in [-0.2, -0.15) is 4.98 Å². The van der Waals surface area contributed by atoms with Gasteiger partial charge in [0.05, 0.1) is 12.4 Å². The maximum absolute atomic E-state index is 12.4. The normalized spacial score (nSPS) is 17.4. The number of nitrogens with zero attached hydrogens (tertiary/aromatic N) is 3. The van der Waals surface area contributed by atoms with Crippen LogP contribution in [0.25, 0.3) is 11.4 Å². The molecule has 0 bridgehead atoms. The first-order valence-electron chi connectivity index (χ1n) is 8.62. The van der Waals surface area contributed by atoms with Crippen LogP contribution in [0.1, 0.15) is 29.3 Å². The fourth-order valence-corrected chi connectivity index (χ4v) is 3.02. The van der Waals surface area contributed by atoms with E-state index >= 15 is 0 Å². The number of furan rings is 1. The highest BCUT2D eigenvalue weighted by Gasteiger charge is 2.26. The van der Waals surface area contributed by atoms with Crippen LogP contribution in [0, 0.1) is 0 Å². The Kier molecular flexibility index (Phi) is 4.79. The molecule has 3 aromatic rings. The number of carbonyl (C=O) groups is 1. The summed E-state index contributed by atoms with van der Waals surface area (Å²) >= 11 is 0. The molecule has 1 aromatic carbocycles. The van der Waals surface area contributed by atoms with E-state index in [4.69, 9.17) is 13.7 Å². The highest BCUT2D eigenvalue weighted by molar-refractivity contribution is 5.91. The fraction of sp³-hybridized carbons (Fsp3) is 0.316. The molecule has 2 aromatic heterocycles. The molecule has 1 atom stereocenters. The molecule has 0 radical (unpaired) electrons. The molecular weight excluding hydrogens is 334 g/mol. The summed E-state index contributed by atoms with van der Waals surface area (Å²) in [7, 11) is 0. The second-order valence-electron chi connectivity index (χ2n) is 6.18. The molecule has 134 valence electrons. The number of piperidine rings is 1. The first-order chi connectivity index (χ1) is 12.8. The Morgan fingerprint density at radius 1 is 1.23 bits per heavy atom. The second kappa shape index (κ2) is 7.53. The van der Waals surface area contributed by atoms with Crippen LogP contribution in [0.15, 0.2) is 57.7 Å². The molecule has 0 N–H and O–H groups in total. The van der Waals surface area contributed by atoms with Gasteiger partial charge in [0.15, 0.2) is 5.76 Å². The van der Waals surface area contributed by atoms with E-state index in [1.807, 2.05) is 30.3 Å². The van der Waals surface area contributed by atoms with E-state index < -0.39 is 0 Å². The highest BCUT2D eigenvalue weighted by atomic mass is 16.5. The van der Waals surface area contributed by atoms with Crippen LogP contribution in [-0.2, 0) is 11.3 Å². The van der Waals surface area contributed by atoms with Gasteiger partial charge in [0.1, 0.15) is 6.61 Å². The van der Waals surface area contributed by atoms with Crippen LogP contribution in [0.4, 0.5) is 0 Å². The van der Waals surface area contributed by atoms with Gasteiger partial charge in [-0.3, -0.25) is 4.79 Å². The van der Waals surface area contributed by atoms with Crippen molar-refractivity contribution in [2.75, 3.05) is 13.1 Å². The van der Waals surface area contributed by atoms with Gasteiger partial charge in [-0.15, -0.1) is 0 Å². The Bertz CT molecular complexity index is 845. The second-order valence-corrected chi connectivity index (χ2v) is 6.18. The largest absolute Gasteiger partial charge is 0.459 e. The van der Waals surface area contributed by atoms with Gasteiger partial charge in [0, 0.05) is 18.7 Å². The highest BCUT2D eigenvalue weighted by Crippen LogP contribution is 2.19.